The van der Waals surface area contributed by atoms with Crippen LogP contribution in [0.3, 0.4) is 0 Å². The maximum absolute atomic E-state index is 13.5. The molecule has 0 radical (unpaired) electrons. The average molecular weight is 391 g/mol. The largest absolute Gasteiger partial charge is 0.444 e. The van der Waals surface area contributed by atoms with E-state index in [2.05, 4.69) is 15.6 Å². The first-order chi connectivity index (χ1) is 13.2. The maximum Gasteiger partial charge on any atom is 0.410 e. The summed E-state index contributed by atoms with van der Waals surface area (Å²) in [6, 6.07) is 5.18. The lowest BCUT2D eigenvalue weighted by atomic mass is 9.97. The Kier molecular flexibility index (Phi) is 5.66. The summed E-state index contributed by atoms with van der Waals surface area (Å²) in [5.41, 5.74) is 0.461. The van der Waals surface area contributed by atoms with Gasteiger partial charge in [-0.3, -0.25) is 0 Å². The number of likely N-dealkylation sites (tertiary alicyclic amines) is 1. The minimum absolute atomic E-state index is 0.222. The molecule has 1 aromatic carbocycles. The molecule has 152 valence electrons. The second kappa shape index (κ2) is 7.84. The number of hydrogen-bond acceptors (Lipinski definition) is 6. The van der Waals surface area contributed by atoms with Gasteiger partial charge in [-0.1, -0.05) is 17.3 Å². The van der Waals surface area contributed by atoms with Crippen LogP contribution in [0.1, 0.15) is 26.8 Å². The van der Waals surface area contributed by atoms with Crippen LogP contribution in [0.15, 0.2) is 30.5 Å². The number of amides is 1. The number of carbonyl (C=O) groups excluding carboxylic acids is 1. The highest BCUT2D eigenvalue weighted by Crippen LogP contribution is 2.26. The number of hydrogen-bond donors (Lipinski definition) is 2. The van der Waals surface area contributed by atoms with Gasteiger partial charge in [-0.2, -0.15) is 0 Å². The van der Waals surface area contributed by atoms with Gasteiger partial charge in [0.25, 0.3) is 0 Å². The average Bonchev–Trinajstić information content (AvgIpc) is 3.10. The summed E-state index contributed by atoms with van der Waals surface area (Å²) in [7, 11) is 1.73. The van der Waals surface area contributed by atoms with Crippen LogP contribution in [0.25, 0.3) is 11.3 Å². The lowest BCUT2D eigenvalue weighted by molar-refractivity contribution is -0.0213. The first-order valence-corrected chi connectivity index (χ1v) is 9.19. The highest BCUT2D eigenvalue weighted by atomic mass is 19.1. The maximum atomic E-state index is 13.5. The number of benzene rings is 1. The molecular formula is C19H26FN5O3. The summed E-state index contributed by atoms with van der Waals surface area (Å²) < 4.78 is 20.5. The van der Waals surface area contributed by atoms with Crippen molar-refractivity contribution in [3.8, 4) is 11.3 Å². The van der Waals surface area contributed by atoms with E-state index in [0.29, 0.717) is 17.8 Å². The molecule has 1 aliphatic rings. The molecule has 28 heavy (non-hydrogen) atoms. The van der Waals surface area contributed by atoms with Crippen molar-refractivity contribution in [2.24, 2.45) is 0 Å². The molecule has 2 N–H and O–H groups in total. The second-order valence-electron chi connectivity index (χ2n) is 7.93. The molecule has 1 aromatic heterocycles. The van der Waals surface area contributed by atoms with Crippen LogP contribution in [-0.2, 0) is 4.74 Å². The highest BCUT2D eigenvalue weighted by molar-refractivity contribution is 5.68. The number of ether oxygens (including phenoxy) is 1. The van der Waals surface area contributed by atoms with Crippen molar-refractivity contribution in [2.45, 2.75) is 44.6 Å². The molecule has 1 amide bonds. The molecule has 2 heterocycles. The Morgan fingerprint density at radius 3 is 2.75 bits per heavy atom. The zero-order chi connectivity index (χ0) is 20.5. The molecular weight excluding hydrogens is 365 g/mol. The van der Waals surface area contributed by atoms with Crippen LogP contribution in [0, 0.1) is 5.82 Å². The van der Waals surface area contributed by atoms with Crippen LogP contribution < -0.4 is 5.32 Å². The minimum Gasteiger partial charge on any atom is -0.444 e. The fourth-order valence-electron chi connectivity index (χ4n) is 3.22. The number of rotatable bonds is 3. The van der Waals surface area contributed by atoms with E-state index in [1.807, 2.05) is 0 Å². The first kappa shape index (κ1) is 20.2. The number of aromatic nitrogens is 3. The van der Waals surface area contributed by atoms with E-state index in [4.69, 9.17) is 4.74 Å². The van der Waals surface area contributed by atoms with E-state index in [-0.39, 0.29) is 18.4 Å². The summed E-state index contributed by atoms with van der Waals surface area (Å²) in [6.07, 6.45) is 0.411. The lowest BCUT2D eigenvalue weighted by Gasteiger charge is -2.41. The Labute approximate surface area is 163 Å². The van der Waals surface area contributed by atoms with Crippen molar-refractivity contribution in [1.29, 1.82) is 0 Å². The van der Waals surface area contributed by atoms with Crippen LogP contribution in [-0.4, -0.2) is 69.0 Å². The van der Waals surface area contributed by atoms with E-state index >= 15 is 0 Å². The van der Waals surface area contributed by atoms with E-state index in [9.17, 15) is 14.3 Å². The summed E-state index contributed by atoms with van der Waals surface area (Å²) in [5.74, 6) is -0.365. The third-order valence-corrected chi connectivity index (χ3v) is 4.62. The van der Waals surface area contributed by atoms with Gasteiger partial charge in [-0.25, -0.2) is 13.9 Å². The Hall–Kier alpha value is -2.52. The van der Waals surface area contributed by atoms with Crippen molar-refractivity contribution in [3.05, 3.63) is 36.3 Å². The number of piperidine rings is 1. The summed E-state index contributed by atoms with van der Waals surface area (Å²) in [6.45, 7) is 5.95. The Balaban J connectivity index is 1.84. The Bertz CT molecular complexity index is 835. The van der Waals surface area contributed by atoms with Gasteiger partial charge in [-0.15, -0.1) is 5.10 Å². The zero-order valence-electron chi connectivity index (χ0n) is 16.5. The molecule has 0 spiro atoms. The van der Waals surface area contributed by atoms with Gasteiger partial charge >= 0.3 is 6.09 Å². The SMILES string of the molecule is CN[C@@H]1CN(C(=O)OC(C)(C)C)C[C@@H](n2cc(-c3cccc(F)c3)nn2)[C@@H]1O. The predicted molar refractivity (Wildman–Crippen MR) is 101 cm³/mol. The van der Waals surface area contributed by atoms with Crippen LogP contribution in [0.2, 0.25) is 0 Å². The van der Waals surface area contributed by atoms with Crippen molar-refractivity contribution < 1.29 is 19.0 Å². The fraction of sp³-hybridized carbons (Fsp3) is 0.526. The molecule has 0 saturated carbocycles. The molecule has 0 aliphatic carbocycles. The van der Waals surface area contributed by atoms with Crippen molar-refractivity contribution in [2.75, 3.05) is 20.1 Å². The van der Waals surface area contributed by atoms with Gasteiger partial charge in [0.15, 0.2) is 0 Å². The van der Waals surface area contributed by atoms with E-state index in [0.717, 1.165) is 0 Å². The third-order valence-electron chi connectivity index (χ3n) is 4.62. The van der Waals surface area contributed by atoms with Crippen molar-refractivity contribution in [1.82, 2.24) is 25.2 Å². The van der Waals surface area contributed by atoms with Gasteiger partial charge in [0, 0.05) is 18.7 Å². The summed E-state index contributed by atoms with van der Waals surface area (Å²) in [5, 5.41) is 22.0. The quantitative estimate of drug-likeness (QED) is 0.829. The standard InChI is InChI=1S/C19H26FN5O3/c1-19(2,3)28-18(27)24-9-15(21-4)17(26)16(11-24)25-10-14(22-23-25)12-6-5-7-13(20)8-12/h5-8,10,15-17,21,26H,9,11H2,1-4H3/t15-,16-,17-/m1/s1. The highest BCUT2D eigenvalue weighted by Gasteiger charge is 2.40. The number of carbonyl (C=O) groups is 1. The molecule has 9 heteroatoms. The van der Waals surface area contributed by atoms with Gasteiger partial charge in [-0.05, 0) is 40.0 Å². The van der Waals surface area contributed by atoms with Gasteiger partial charge in [0.1, 0.15) is 17.1 Å². The summed E-state index contributed by atoms with van der Waals surface area (Å²) >= 11 is 0. The molecule has 0 unspecified atom stereocenters. The predicted octanol–water partition coefficient (Wildman–Crippen LogP) is 1.82. The summed E-state index contributed by atoms with van der Waals surface area (Å²) in [4.78, 5) is 14.1. The van der Waals surface area contributed by atoms with E-state index in [1.54, 1.807) is 51.0 Å². The Morgan fingerprint density at radius 1 is 1.36 bits per heavy atom. The molecule has 2 aromatic rings. The van der Waals surface area contributed by atoms with Crippen molar-refractivity contribution >= 4 is 6.09 Å². The van der Waals surface area contributed by atoms with Gasteiger partial charge in [0.2, 0.25) is 0 Å². The molecule has 3 rings (SSSR count). The topological polar surface area (TPSA) is 92.5 Å². The third kappa shape index (κ3) is 4.48. The smallest absolute Gasteiger partial charge is 0.410 e. The molecule has 0 bridgehead atoms. The van der Waals surface area contributed by atoms with Crippen LogP contribution in [0.5, 0.6) is 0 Å². The second-order valence-corrected chi connectivity index (χ2v) is 7.93. The van der Waals surface area contributed by atoms with Crippen LogP contribution in [0.4, 0.5) is 9.18 Å². The number of likely N-dealkylation sites (N-methyl/N-ethyl adjacent to an activating group) is 1. The zero-order valence-corrected chi connectivity index (χ0v) is 16.5. The molecule has 1 fully saturated rings. The normalized spacial score (nSPS) is 22.9. The number of aliphatic hydroxyl groups excluding tert-OH is 1. The van der Waals surface area contributed by atoms with E-state index < -0.39 is 23.8 Å². The fourth-order valence-corrected chi connectivity index (χ4v) is 3.22. The number of nitrogens with one attached hydrogen (secondary N) is 1. The monoisotopic (exact) mass is 391 g/mol. The number of aliphatic hydroxyl groups is 1. The number of halogens is 1. The molecule has 3 atom stereocenters. The first-order valence-electron chi connectivity index (χ1n) is 9.19. The van der Waals surface area contributed by atoms with Crippen LogP contribution >= 0.6 is 0 Å². The number of nitrogens with zero attached hydrogens (tertiary/aromatic N) is 4. The lowest BCUT2D eigenvalue weighted by Crippen LogP contribution is -2.59. The minimum atomic E-state index is -0.786. The van der Waals surface area contributed by atoms with E-state index in [1.165, 1.54) is 16.8 Å². The van der Waals surface area contributed by atoms with Gasteiger partial charge < -0.3 is 20.1 Å². The molecule has 1 saturated heterocycles. The van der Waals surface area contributed by atoms with Crippen molar-refractivity contribution in [3.63, 3.8) is 0 Å². The van der Waals surface area contributed by atoms with Gasteiger partial charge in [0.05, 0.1) is 24.4 Å². The molecule has 1 aliphatic heterocycles. The molecule has 8 nitrogen and oxygen atoms in total. The Morgan fingerprint density at radius 2 is 2.11 bits per heavy atom.